The van der Waals surface area contributed by atoms with Gasteiger partial charge in [0.25, 0.3) is 0 Å². The smallest absolute Gasteiger partial charge is 0.220 e. The largest absolute Gasteiger partial charge is 0.359 e. The number of benzene rings is 2. The first-order valence-corrected chi connectivity index (χ1v) is 7.94. The van der Waals surface area contributed by atoms with Gasteiger partial charge in [-0.25, -0.2) is 9.37 Å². The molecule has 0 aliphatic rings. The van der Waals surface area contributed by atoms with Crippen molar-refractivity contribution < 1.29 is 9.18 Å². The van der Waals surface area contributed by atoms with Gasteiger partial charge in [-0.05, 0) is 42.7 Å². The number of amides is 1. The summed E-state index contributed by atoms with van der Waals surface area (Å²) in [4.78, 5) is 16.3. The van der Waals surface area contributed by atoms with Crippen LogP contribution >= 0.6 is 0 Å². The lowest BCUT2D eigenvalue weighted by atomic mass is 10.00. The van der Waals surface area contributed by atoms with Crippen molar-refractivity contribution in [2.45, 2.75) is 19.8 Å². The molecule has 1 amide bonds. The number of carbonyl (C=O) groups excluding carboxylic acids is 1. The molecule has 24 heavy (non-hydrogen) atoms. The van der Waals surface area contributed by atoms with Gasteiger partial charge >= 0.3 is 0 Å². The van der Waals surface area contributed by atoms with Crippen molar-refractivity contribution in [1.82, 2.24) is 10.3 Å². The van der Waals surface area contributed by atoms with Gasteiger partial charge in [0.2, 0.25) is 5.91 Å². The number of hydrogen-bond donors (Lipinski definition) is 1. The van der Waals surface area contributed by atoms with Crippen LogP contribution in [0.25, 0.3) is 22.2 Å². The molecule has 4 heteroatoms. The summed E-state index contributed by atoms with van der Waals surface area (Å²) in [5, 5.41) is 3.70. The van der Waals surface area contributed by atoms with E-state index in [1.807, 2.05) is 37.3 Å². The molecule has 0 bridgehead atoms. The maximum Gasteiger partial charge on any atom is 0.220 e. The molecule has 0 saturated carbocycles. The number of carbonyl (C=O) groups is 1. The van der Waals surface area contributed by atoms with Gasteiger partial charge in [-0.15, -0.1) is 0 Å². The van der Waals surface area contributed by atoms with E-state index in [0.29, 0.717) is 12.8 Å². The minimum absolute atomic E-state index is 0.00464. The van der Waals surface area contributed by atoms with Gasteiger partial charge < -0.3 is 5.32 Å². The van der Waals surface area contributed by atoms with Gasteiger partial charge in [0.1, 0.15) is 5.82 Å². The molecule has 1 aromatic heterocycles. The van der Waals surface area contributed by atoms with E-state index in [1.165, 1.54) is 12.1 Å². The van der Waals surface area contributed by atoms with Gasteiger partial charge in [0.15, 0.2) is 0 Å². The quantitative estimate of drug-likeness (QED) is 0.788. The van der Waals surface area contributed by atoms with E-state index in [4.69, 9.17) is 4.98 Å². The van der Waals surface area contributed by atoms with Crippen molar-refractivity contribution in [3.05, 3.63) is 65.5 Å². The van der Waals surface area contributed by atoms with Crippen LogP contribution in [0.2, 0.25) is 0 Å². The third-order valence-electron chi connectivity index (χ3n) is 4.15. The third-order valence-corrected chi connectivity index (χ3v) is 4.15. The number of hydrogen-bond acceptors (Lipinski definition) is 2. The van der Waals surface area contributed by atoms with E-state index in [2.05, 4.69) is 5.32 Å². The molecule has 0 saturated heterocycles. The second kappa shape index (κ2) is 6.79. The molecule has 122 valence electrons. The molecular formula is C20H19FN2O. The van der Waals surface area contributed by atoms with E-state index >= 15 is 0 Å². The average Bonchev–Trinajstić information content (AvgIpc) is 2.59. The summed E-state index contributed by atoms with van der Waals surface area (Å²) in [6, 6.07) is 14.4. The fourth-order valence-corrected chi connectivity index (χ4v) is 2.85. The van der Waals surface area contributed by atoms with Crippen LogP contribution in [0, 0.1) is 12.7 Å². The van der Waals surface area contributed by atoms with Gasteiger partial charge in [-0.2, -0.15) is 0 Å². The molecule has 0 spiro atoms. The second-order valence-electron chi connectivity index (χ2n) is 5.82. The van der Waals surface area contributed by atoms with Crippen LogP contribution in [0.1, 0.15) is 17.5 Å². The Hall–Kier alpha value is -2.75. The van der Waals surface area contributed by atoms with Crippen LogP contribution < -0.4 is 5.32 Å². The Morgan fingerprint density at radius 3 is 2.71 bits per heavy atom. The fraction of sp³-hybridized carbons (Fsp3) is 0.200. The Kier molecular flexibility index (Phi) is 4.56. The standard InChI is InChI=1S/C20H19FN2O/c1-13-11-18(15-6-3-7-16(21)12-15)23-20-14(5-4-8-17(13)20)9-10-19(24)22-2/h3-8,11-12H,9-10H2,1-2H3,(H,22,24). The molecule has 0 atom stereocenters. The zero-order valence-electron chi connectivity index (χ0n) is 13.8. The third kappa shape index (κ3) is 3.27. The normalized spacial score (nSPS) is 10.8. The van der Waals surface area contributed by atoms with E-state index in [1.54, 1.807) is 13.1 Å². The number of pyridine rings is 1. The molecule has 0 fully saturated rings. The highest BCUT2D eigenvalue weighted by Crippen LogP contribution is 2.27. The minimum atomic E-state index is -0.278. The molecule has 3 nitrogen and oxygen atoms in total. The molecule has 0 unspecified atom stereocenters. The van der Waals surface area contributed by atoms with Crippen LogP contribution in [0.4, 0.5) is 4.39 Å². The zero-order valence-corrected chi connectivity index (χ0v) is 13.8. The first kappa shape index (κ1) is 16.1. The summed E-state index contributed by atoms with van der Waals surface area (Å²) in [7, 11) is 1.63. The average molecular weight is 322 g/mol. The Morgan fingerprint density at radius 2 is 1.96 bits per heavy atom. The van der Waals surface area contributed by atoms with Crippen molar-refractivity contribution >= 4 is 16.8 Å². The first-order chi connectivity index (χ1) is 11.6. The zero-order chi connectivity index (χ0) is 17.1. The first-order valence-electron chi connectivity index (χ1n) is 7.94. The number of para-hydroxylation sites is 1. The summed E-state index contributed by atoms with van der Waals surface area (Å²) in [6.07, 6.45) is 1.04. The van der Waals surface area contributed by atoms with Crippen molar-refractivity contribution in [2.75, 3.05) is 7.05 Å². The van der Waals surface area contributed by atoms with Crippen molar-refractivity contribution in [3.8, 4) is 11.3 Å². The van der Waals surface area contributed by atoms with Crippen LogP contribution in [-0.2, 0) is 11.2 Å². The molecule has 0 aliphatic heterocycles. The second-order valence-corrected chi connectivity index (χ2v) is 5.82. The molecule has 1 heterocycles. The highest BCUT2D eigenvalue weighted by atomic mass is 19.1. The summed E-state index contributed by atoms with van der Waals surface area (Å²) < 4.78 is 13.5. The topological polar surface area (TPSA) is 42.0 Å². The van der Waals surface area contributed by atoms with E-state index in [0.717, 1.165) is 33.3 Å². The van der Waals surface area contributed by atoms with Crippen molar-refractivity contribution in [2.24, 2.45) is 0 Å². The number of aryl methyl sites for hydroxylation is 2. The van der Waals surface area contributed by atoms with Crippen molar-refractivity contribution in [1.29, 1.82) is 0 Å². The molecule has 1 N–H and O–H groups in total. The van der Waals surface area contributed by atoms with E-state index < -0.39 is 0 Å². The number of fused-ring (bicyclic) bond motifs is 1. The number of halogens is 1. The lowest BCUT2D eigenvalue weighted by molar-refractivity contribution is -0.120. The summed E-state index contributed by atoms with van der Waals surface area (Å²) in [5.41, 5.74) is 4.48. The molecule has 3 rings (SSSR count). The lowest BCUT2D eigenvalue weighted by Gasteiger charge is -2.11. The minimum Gasteiger partial charge on any atom is -0.359 e. The Morgan fingerprint density at radius 1 is 1.17 bits per heavy atom. The predicted molar refractivity (Wildman–Crippen MR) is 94.3 cm³/mol. The fourth-order valence-electron chi connectivity index (χ4n) is 2.85. The molecule has 2 aromatic carbocycles. The monoisotopic (exact) mass is 322 g/mol. The Labute approximate surface area is 140 Å². The van der Waals surface area contributed by atoms with E-state index in [-0.39, 0.29) is 11.7 Å². The number of nitrogens with zero attached hydrogens (tertiary/aromatic N) is 1. The van der Waals surface area contributed by atoms with Crippen LogP contribution in [0.5, 0.6) is 0 Å². The van der Waals surface area contributed by atoms with E-state index in [9.17, 15) is 9.18 Å². The van der Waals surface area contributed by atoms with Gasteiger partial charge in [-0.1, -0.05) is 30.3 Å². The molecule has 3 aromatic rings. The van der Waals surface area contributed by atoms with Crippen molar-refractivity contribution in [3.63, 3.8) is 0 Å². The Bertz CT molecular complexity index is 905. The van der Waals surface area contributed by atoms with Crippen LogP contribution in [-0.4, -0.2) is 17.9 Å². The van der Waals surface area contributed by atoms with Gasteiger partial charge in [0, 0.05) is 24.4 Å². The molecule has 0 radical (unpaired) electrons. The highest BCUT2D eigenvalue weighted by molar-refractivity contribution is 5.88. The maximum atomic E-state index is 13.5. The number of nitrogens with one attached hydrogen (secondary N) is 1. The highest BCUT2D eigenvalue weighted by Gasteiger charge is 2.10. The summed E-state index contributed by atoms with van der Waals surface area (Å²) in [6.45, 7) is 2.02. The number of rotatable bonds is 4. The van der Waals surface area contributed by atoms with Crippen LogP contribution in [0.15, 0.2) is 48.5 Å². The van der Waals surface area contributed by atoms with Crippen LogP contribution in [0.3, 0.4) is 0 Å². The molecule has 0 aliphatic carbocycles. The van der Waals surface area contributed by atoms with Gasteiger partial charge in [0.05, 0.1) is 11.2 Å². The summed E-state index contributed by atoms with van der Waals surface area (Å²) >= 11 is 0. The number of aromatic nitrogens is 1. The SMILES string of the molecule is CNC(=O)CCc1cccc2c(C)cc(-c3cccc(F)c3)nc12. The predicted octanol–water partition coefficient (Wildman–Crippen LogP) is 4.03. The Balaban J connectivity index is 2.09. The lowest BCUT2D eigenvalue weighted by Crippen LogP contribution is -2.18. The molecular weight excluding hydrogens is 303 g/mol. The maximum absolute atomic E-state index is 13.5. The van der Waals surface area contributed by atoms with Gasteiger partial charge in [-0.3, -0.25) is 4.79 Å². The summed E-state index contributed by atoms with van der Waals surface area (Å²) in [5.74, 6) is -0.273.